The van der Waals surface area contributed by atoms with E-state index in [4.69, 9.17) is 11.5 Å². The second-order valence-electron chi connectivity index (χ2n) is 4.49. The van der Waals surface area contributed by atoms with Gasteiger partial charge in [0.1, 0.15) is 23.0 Å². The van der Waals surface area contributed by atoms with E-state index >= 15 is 0 Å². The number of nitrogen functional groups attached to an aromatic ring is 1. The molecule has 0 saturated heterocycles. The number of nitrogens with two attached hydrogens (primary N) is 2. The minimum atomic E-state index is -4.78. The topological polar surface area (TPSA) is 81.5 Å². The van der Waals surface area contributed by atoms with Crippen LogP contribution in [0.4, 0.5) is 23.2 Å². The maximum Gasteiger partial charge on any atom is 0.573 e. The zero-order valence-corrected chi connectivity index (χ0v) is 12.3. The van der Waals surface area contributed by atoms with E-state index in [1.54, 1.807) is 0 Å². The normalized spacial score (nSPS) is 12.4. The number of anilines is 1. The standard InChI is InChI=1S/C14H12F4N2O2.ClH/c15-10-6-5-9(13(21)12(10)20)11(19)7-1-3-8(4-2-7)22-14(16,17)18;/h1-6,11,21H,19-20H2;1H/t11-;/m0./s1. The van der Waals surface area contributed by atoms with Crippen LogP contribution in [0.15, 0.2) is 36.4 Å². The number of aromatic hydroxyl groups is 1. The van der Waals surface area contributed by atoms with Crippen molar-refractivity contribution in [2.75, 3.05) is 5.73 Å². The van der Waals surface area contributed by atoms with Gasteiger partial charge in [-0.3, -0.25) is 0 Å². The highest BCUT2D eigenvalue weighted by Gasteiger charge is 2.31. The first-order valence-corrected chi connectivity index (χ1v) is 6.07. The smallest absolute Gasteiger partial charge is 0.505 e. The summed E-state index contributed by atoms with van der Waals surface area (Å²) in [6, 6.07) is 6.22. The van der Waals surface area contributed by atoms with Gasteiger partial charge in [0, 0.05) is 5.56 Å². The Morgan fingerprint density at radius 3 is 2.13 bits per heavy atom. The molecule has 2 rings (SSSR count). The number of alkyl halides is 3. The molecule has 0 fully saturated rings. The van der Waals surface area contributed by atoms with E-state index in [0.717, 1.165) is 18.2 Å². The van der Waals surface area contributed by atoms with Crippen molar-refractivity contribution in [3.8, 4) is 11.5 Å². The molecule has 0 spiro atoms. The van der Waals surface area contributed by atoms with Crippen molar-refractivity contribution in [3.63, 3.8) is 0 Å². The lowest BCUT2D eigenvalue weighted by Gasteiger charge is -2.16. The van der Waals surface area contributed by atoms with Gasteiger partial charge in [-0.25, -0.2) is 4.39 Å². The summed E-state index contributed by atoms with van der Waals surface area (Å²) in [5, 5.41) is 9.80. The van der Waals surface area contributed by atoms with Crippen LogP contribution in [0.2, 0.25) is 0 Å². The number of phenols is 1. The second kappa shape index (κ2) is 6.93. The summed E-state index contributed by atoms with van der Waals surface area (Å²) in [6.07, 6.45) is -4.78. The lowest BCUT2D eigenvalue weighted by molar-refractivity contribution is -0.274. The lowest BCUT2D eigenvalue weighted by Crippen LogP contribution is -2.17. The first kappa shape index (κ1) is 18.9. The number of hydrogen-bond acceptors (Lipinski definition) is 4. The average molecular weight is 353 g/mol. The van der Waals surface area contributed by atoms with Gasteiger partial charge in [0.25, 0.3) is 0 Å². The van der Waals surface area contributed by atoms with Crippen molar-refractivity contribution in [2.45, 2.75) is 12.4 Å². The quantitative estimate of drug-likeness (QED) is 0.449. The van der Waals surface area contributed by atoms with Crippen LogP contribution >= 0.6 is 12.4 Å². The lowest BCUT2D eigenvalue weighted by atomic mass is 9.98. The Balaban J connectivity index is 0.00000264. The molecule has 2 aromatic rings. The highest BCUT2D eigenvalue weighted by atomic mass is 35.5. The molecule has 0 bridgehead atoms. The van der Waals surface area contributed by atoms with Crippen LogP contribution in [0.5, 0.6) is 11.5 Å². The SMILES string of the molecule is Cl.Nc1c(F)ccc([C@@H](N)c2ccc(OC(F)(F)F)cc2)c1O. The van der Waals surface area contributed by atoms with Gasteiger partial charge in [0.2, 0.25) is 0 Å². The predicted octanol–water partition coefficient (Wildman–Crippen LogP) is 3.48. The van der Waals surface area contributed by atoms with Crippen molar-refractivity contribution >= 4 is 18.1 Å². The maximum atomic E-state index is 13.2. The van der Waals surface area contributed by atoms with E-state index in [1.807, 2.05) is 0 Å². The van der Waals surface area contributed by atoms with E-state index in [1.165, 1.54) is 18.2 Å². The predicted molar refractivity (Wildman–Crippen MR) is 78.9 cm³/mol. The molecule has 0 saturated carbocycles. The summed E-state index contributed by atoms with van der Waals surface area (Å²) in [5.74, 6) is -1.68. The molecule has 0 radical (unpaired) electrons. The van der Waals surface area contributed by atoms with E-state index in [2.05, 4.69) is 4.74 Å². The molecule has 0 aliphatic rings. The number of hydrogen-bond donors (Lipinski definition) is 3. The van der Waals surface area contributed by atoms with E-state index < -0.39 is 35.4 Å². The Labute approximate surface area is 135 Å². The summed E-state index contributed by atoms with van der Waals surface area (Å²) < 4.78 is 53.1. The highest BCUT2D eigenvalue weighted by molar-refractivity contribution is 5.85. The van der Waals surface area contributed by atoms with Crippen LogP contribution in [-0.2, 0) is 0 Å². The Morgan fingerprint density at radius 1 is 1.04 bits per heavy atom. The molecule has 4 nitrogen and oxygen atoms in total. The van der Waals surface area contributed by atoms with Gasteiger partial charge >= 0.3 is 6.36 Å². The Bertz CT molecular complexity index is 678. The average Bonchev–Trinajstić information content (AvgIpc) is 2.43. The van der Waals surface area contributed by atoms with Gasteiger partial charge in [-0.15, -0.1) is 25.6 Å². The molecule has 0 heterocycles. The molecule has 5 N–H and O–H groups in total. The van der Waals surface area contributed by atoms with Crippen LogP contribution in [0, 0.1) is 5.82 Å². The molecule has 0 aliphatic heterocycles. The summed E-state index contributed by atoms with van der Waals surface area (Å²) in [4.78, 5) is 0. The molecule has 0 unspecified atom stereocenters. The van der Waals surface area contributed by atoms with Gasteiger partial charge in [-0.2, -0.15) is 0 Å². The summed E-state index contributed by atoms with van der Waals surface area (Å²) >= 11 is 0. The number of phenolic OH excluding ortho intramolecular Hbond substituents is 1. The monoisotopic (exact) mass is 352 g/mol. The van der Waals surface area contributed by atoms with E-state index in [-0.39, 0.29) is 18.0 Å². The fraction of sp³-hybridized carbons (Fsp3) is 0.143. The van der Waals surface area contributed by atoms with Crippen LogP contribution < -0.4 is 16.2 Å². The second-order valence-corrected chi connectivity index (χ2v) is 4.49. The molecule has 0 aliphatic carbocycles. The number of ether oxygens (including phenoxy) is 1. The molecular weight excluding hydrogens is 340 g/mol. The molecule has 0 aromatic heterocycles. The van der Waals surface area contributed by atoms with Crippen molar-refractivity contribution in [2.24, 2.45) is 5.73 Å². The van der Waals surface area contributed by atoms with Gasteiger partial charge < -0.3 is 21.3 Å². The van der Waals surface area contributed by atoms with Crippen molar-refractivity contribution in [3.05, 3.63) is 53.3 Å². The Hall–Kier alpha value is -2.19. The third kappa shape index (κ3) is 4.40. The third-order valence-corrected chi connectivity index (χ3v) is 3.00. The molecular formula is C14H13ClF4N2O2. The first-order chi connectivity index (χ1) is 10.2. The van der Waals surface area contributed by atoms with Crippen molar-refractivity contribution < 1.29 is 27.4 Å². The zero-order valence-electron chi connectivity index (χ0n) is 11.5. The molecule has 0 amide bonds. The molecule has 9 heteroatoms. The van der Waals surface area contributed by atoms with Crippen LogP contribution in [0.3, 0.4) is 0 Å². The third-order valence-electron chi connectivity index (χ3n) is 3.00. The van der Waals surface area contributed by atoms with Crippen molar-refractivity contribution in [1.82, 2.24) is 0 Å². The summed E-state index contributed by atoms with van der Waals surface area (Å²) in [6.45, 7) is 0. The number of benzene rings is 2. The van der Waals surface area contributed by atoms with Crippen LogP contribution in [0.25, 0.3) is 0 Å². The molecule has 23 heavy (non-hydrogen) atoms. The molecule has 126 valence electrons. The minimum absolute atomic E-state index is 0. The fourth-order valence-electron chi connectivity index (χ4n) is 1.91. The molecule has 1 atom stereocenters. The zero-order chi connectivity index (χ0) is 16.5. The first-order valence-electron chi connectivity index (χ1n) is 6.07. The van der Waals surface area contributed by atoms with Gasteiger partial charge in [-0.05, 0) is 23.8 Å². The summed E-state index contributed by atoms with van der Waals surface area (Å²) in [5.41, 5.74) is 11.4. The fourth-order valence-corrected chi connectivity index (χ4v) is 1.91. The molecule has 2 aromatic carbocycles. The summed E-state index contributed by atoms with van der Waals surface area (Å²) in [7, 11) is 0. The highest BCUT2D eigenvalue weighted by Crippen LogP contribution is 2.34. The van der Waals surface area contributed by atoms with Crippen molar-refractivity contribution in [1.29, 1.82) is 0 Å². The van der Waals surface area contributed by atoms with Gasteiger partial charge in [-0.1, -0.05) is 18.2 Å². The maximum absolute atomic E-state index is 13.2. The van der Waals surface area contributed by atoms with Crippen LogP contribution in [-0.4, -0.2) is 11.5 Å². The Morgan fingerprint density at radius 2 is 1.61 bits per heavy atom. The minimum Gasteiger partial charge on any atom is -0.505 e. The van der Waals surface area contributed by atoms with E-state index in [0.29, 0.717) is 5.56 Å². The Kier molecular flexibility index (Phi) is 5.68. The van der Waals surface area contributed by atoms with E-state index in [9.17, 15) is 22.7 Å². The number of halogens is 5. The van der Waals surface area contributed by atoms with Gasteiger partial charge in [0.15, 0.2) is 0 Å². The van der Waals surface area contributed by atoms with Crippen LogP contribution in [0.1, 0.15) is 17.2 Å². The largest absolute Gasteiger partial charge is 0.573 e. The number of rotatable bonds is 3. The van der Waals surface area contributed by atoms with Gasteiger partial charge in [0.05, 0.1) is 6.04 Å².